The molecule has 0 bridgehead atoms. The average molecular weight is 444 g/mol. The Hall–Kier alpha value is -3.31. The fourth-order valence-electron chi connectivity index (χ4n) is 3.71. The molecule has 0 aromatic heterocycles. The second-order valence-electron chi connectivity index (χ2n) is 8.05. The summed E-state index contributed by atoms with van der Waals surface area (Å²) in [6, 6.07) is 22.7. The molecule has 0 spiro atoms. The van der Waals surface area contributed by atoms with Crippen LogP contribution in [0.15, 0.2) is 82.6 Å². The van der Waals surface area contributed by atoms with Gasteiger partial charge in [-0.3, -0.25) is 9.59 Å². The largest absolute Gasteiger partial charge is 0.491 e. The van der Waals surface area contributed by atoms with Gasteiger partial charge in [0.25, 0.3) is 11.8 Å². The van der Waals surface area contributed by atoms with Gasteiger partial charge < -0.3 is 4.74 Å². The number of ether oxygens (including phenoxy) is 1. The van der Waals surface area contributed by atoms with E-state index in [0.29, 0.717) is 21.7 Å². The van der Waals surface area contributed by atoms with Gasteiger partial charge in [-0.05, 0) is 69.2 Å². The smallest absolute Gasteiger partial charge is 0.272 e. The highest BCUT2D eigenvalue weighted by Crippen LogP contribution is 2.42. The van der Waals surface area contributed by atoms with Crippen LogP contribution in [0.4, 0.5) is 5.69 Å². The molecule has 162 valence electrons. The minimum atomic E-state index is -0.307. The van der Waals surface area contributed by atoms with Crippen molar-refractivity contribution >= 4 is 34.8 Å². The van der Waals surface area contributed by atoms with E-state index < -0.39 is 0 Å². The quantitative estimate of drug-likeness (QED) is 0.428. The number of rotatable bonds is 6. The first-order chi connectivity index (χ1) is 15.3. The Labute approximate surface area is 192 Å². The zero-order valence-electron chi connectivity index (χ0n) is 18.6. The molecule has 1 aliphatic heterocycles. The van der Waals surface area contributed by atoms with Crippen LogP contribution in [0.2, 0.25) is 0 Å². The Bertz CT molecular complexity index is 1200. The SMILES string of the molecule is Cc1ccc(N2C(=O)C(Sc3ccccc3)=C(c3ccc(OC(C)C)cc3)C2=O)c(C)c1. The van der Waals surface area contributed by atoms with Crippen LogP contribution in [0.3, 0.4) is 0 Å². The van der Waals surface area contributed by atoms with Crippen LogP contribution < -0.4 is 9.64 Å². The monoisotopic (exact) mass is 443 g/mol. The Balaban J connectivity index is 1.79. The van der Waals surface area contributed by atoms with E-state index in [0.717, 1.165) is 21.8 Å². The summed E-state index contributed by atoms with van der Waals surface area (Å²) in [5, 5.41) is 0. The van der Waals surface area contributed by atoms with Gasteiger partial charge in [-0.2, -0.15) is 0 Å². The van der Waals surface area contributed by atoms with Gasteiger partial charge in [-0.1, -0.05) is 59.8 Å². The number of carbonyl (C=O) groups is 2. The van der Waals surface area contributed by atoms with Crippen LogP contribution in [0.5, 0.6) is 5.75 Å². The van der Waals surface area contributed by atoms with Crippen molar-refractivity contribution in [1.82, 2.24) is 0 Å². The van der Waals surface area contributed by atoms with Gasteiger partial charge in [0.2, 0.25) is 0 Å². The second-order valence-corrected chi connectivity index (χ2v) is 9.13. The third kappa shape index (κ3) is 4.34. The molecule has 2 amide bonds. The van der Waals surface area contributed by atoms with Crippen LogP contribution in [-0.4, -0.2) is 17.9 Å². The maximum absolute atomic E-state index is 13.6. The van der Waals surface area contributed by atoms with E-state index in [2.05, 4.69) is 0 Å². The number of nitrogens with zero attached hydrogens (tertiary/aromatic N) is 1. The number of amides is 2. The molecule has 3 aromatic carbocycles. The Morgan fingerprint density at radius 3 is 2.16 bits per heavy atom. The third-order valence-electron chi connectivity index (χ3n) is 5.11. The molecule has 1 aliphatic rings. The second kappa shape index (κ2) is 9.05. The summed E-state index contributed by atoms with van der Waals surface area (Å²) in [5.41, 5.74) is 3.70. The molecule has 0 N–H and O–H groups in total. The molecular formula is C27H25NO3S. The topological polar surface area (TPSA) is 46.6 Å². The van der Waals surface area contributed by atoms with Crippen LogP contribution in [0.25, 0.3) is 5.57 Å². The zero-order chi connectivity index (χ0) is 22.8. The number of benzene rings is 3. The van der Waals surface area contributed by atoms with Gasteiger partial charge in [0.1, 0.15) is 5.75 Å². The molecule has 0 saturated carbocycles. The Kier molecular flexibility index (Phi) is 6.19. The third-order valence-corrected chi connectivity index (χ3v) is 6.20. The van der Waals surface area contributed by atoms with Gasteiger partial charge in [-0.25, -0.2) is 4.90 Å². The van der Waals surface area contributed by atoms with E-state index in [1.165, 1.54) is 16.7 Å². The molecule has 4 rings (SSSR count). The highest BCUT2D eigenvalue weighted by molar-refractivity contribution is 8.04. The molecule has 0 atom stereocenters. The van der Waals surface area contributed by atoms with E-state index >= 15 is 0 Å². The van der Waals surface area contributed by atoms with Gasteiger partial charge >= 0.3 is 0 Å². The van der Waals surface area contributed by atoms with E-state index in [-0.39, 0.29) is 17.9 Å². The van der Waals surface area contributed by atoms with Crippen LogP contribution in [0, 0.1) is 13.8 Å². The minimum Gasteiger partial charge on any atom is -0.491 e. The summed E-state index contributed by atoms with van der Waals surface area (Å²) < 4.78 is 5.74. The van der Waals surface area contributed by atoms with Gasteiger partial charge in [0.15, 0.2) is 0 Å². The Morgan fingerprint density at radius 2 is 1.53 bits per heavy atom. The van der Waals surface area contributed by atoms with Crippen molar-refractivity contribution in [2.45, 2.75) is 38.7 Å². The van der Waals surface area contributed by atoms with E-state index in [9.17, 15) is 9.59 Å². The maximum Gasteiger partial charge on any atom is 0.272 e. The van der Waals surface area contributed by atoms with Crippen molar-refractivity contribution in [1.29, 1.82) is 0 Å². The summed E-state index contributed by atoms with van der Waals surface area (Å²) in [4.78, 5) is 29.8. The zero-order valence-corrected chi connectivity index (χ0v) is 19.4. The lowest BCUT2D eigenvalue weighted by atomic mass is 10.1. The minimum absolute atomic E-state index is 0.0546. The molecule has 32 heavy (non-hydrogen) atoms. The van der Waals surface area contributed by atoms with Crippen LogP contribution >= 0.6 is 11.8 Å². The van der Waals surface area contributed by atoms with Gasteiger partial charge in [0.05, 0.1) is 22.3 Å². The normalized spacial score (nSPS) is 14.0. The fourth-order valence-corrected chi connectivity index (χ4v) is 4.73. The van der Waals surface area contributed by atoms with Crippen LogP contribution in [-0.2, 0) is 9.59 Å². The van der Waals surface area contributed by atoms with Crippen molar-refractivity contribution in [3.63, 3.8) is 0 Å². The number of anilines is 1. The van der Waals surface area contributed by atoms with Crippen LogP contribution in [0.1, 0.15) is 30.5 Å². The number of carbonyl (C=O) groups excluding carboxylic acids is 2. The van der Waals surface area contributed by atoms with E-state index in [1.54, 1.807) is 0 Å². The highest BCUT2D eigenvalue weighted by atomic mass is 32.2. The van der Waals surface area contributed by atoms with Crippen molar-refractivity contribution < 1.29 is 14.3 Å². The molecular weight excluding hydrogens is 418 g/mol. The molecule has 0 unspecified atom stereocenters. The van der Waals surface area contributed by atoms with Crippen molar-refractivity contribution in [2.24, 2.45) is 0 Å². The Morgan fingerprint density at radius 1 is 0.844 bits per heavy atom. The van der Waals surface area contributed by atoms with E-state index in [4.69, 9.17) is 4.74 Å². The number of hydrogen-bond donors (Lipinski definition) is 0. The molecule has 0 fully saturated rings. The van der Waals surface area contributed by atoms with E-state index in [1.807, 2.05) is 100 Å². The molecule has 0 saturated heterocycles. The summed E-state index contributed by atoms with van der Waals surface area (Å²) >= 11 is 1.32. The summed E-state index contributed by atoms with van der Waals surface area (Å²) in [6.07, 6.45) is 0.0546. The van der Waals surface area contributed by atoms with Gasteiger partial charge in [-0.15, -0.1) is 0 Å². The lowest BCUT2D eigenvalue weighted by Gasteiger charge is -2.18. The molecule has 4 nitrogen and oxygen atoms in total. The number of imide groups is 1. The summed E-state index contributed by atoms with van der Waals surface area (Å²) in [5.74, 6) is 0.121. The summed E-state index contributed by atoms with van der Waals surface area (Å²) in [6.45, 7) is 7.84. The van der Waals surface area contributed by atoms with Crippen molar-refractivity contribution in [2.75, 3.05) is 4.90 Å². The molecule has 0 aliphatic carbocycles. The fraction of sp³-hybridized carbons (Fsp3) is 0.185. The van der Waals surface area contributed by atoms with Crippen molar-refractivity contribution in [3.8, 4) is 5.75 Å². The first-order valence-electron chi connectivity index (χ1n) is 10.6. The number of hydrogen-bond acceptors (Lipinski definition) is 4. The number of aryl methyl sites for hydroxylation is 2. The average Bonchev–Trinajstić information content (AvgIpc) is 2.99. The standard InChI is InChI=1S/C27H25NO3S/c1-17(2)31-21-13-11-20(12-14-21)24-25(32-22-8-6-5-7-9-22)27(30)28(26(24)29)23-15-10-18(3)16-19(23)4/h5-17H,1-4H3. The van der Waals surface area contributed by atoms with Crippen molar-refractivity contribution in [3.05, 3.63) is 94.4 Å². The lowest BCUT2D eigenvalue weighted by Crippen LogP contribution is -2.31. The highest BCUT2D eigenvalue weighted by Gasteiger charge is 2.41. The lowest BCUT2D eigenvalue weighted by molar-refractivity contribution is -0.119. The number of thioether (sulfide) groups is 1. The molecule has 5 heteroatoms. The molecule has 1 heterocycles. The molecule has 3 aromatic rings. The van der Waals surface area contributed by atoms with Gasteiger partial charge in [0, 0.05) is 4.90 Å². The first kappa shape index (κ1) is 21.9. The predicted octanol–water partition coefficient (Wildman–Crippen LogP) is 6.17. The predicted molar refractivity (Wildman–Crippen MR) is 130 cm³/mol. The maximum atomic E-state index is 13.6. The summed E-state index contributed by atoms with van der Waals surface area (Å²) in [7, 11) is 0. The molecule has 0 radical (unpaired) electrons. The first-order valence-corrected chi connectivity index (χ1v) is 11.4.